The van der Waals surface area contributed by atoms with E-state index in [1.165, 1.54) is 11.8 Å². The maximum absolute atomic E-state index is 13.2. The van der Waals surface area contributed by atoms with E-state index >= 15 is 0 Å². The second-order valence-electron chi connectivity index (χ2n) is 7.67. The smallest absolute Gasteiger partial charge is 0.266 e. The summed E-state index contributed by atoms with van der Waals surface area (Å²) in [6, 6.07) is 13.3. The van der Waals surface area contributed by atoms with Crippen molar-refractivity contribution in [2.75, 3.05) is 19.8 Å². The molecule has 2 aromatic rings. The van der Waals surface area contributed by atoms with Gasteiger partial charge in [-0.25, -0.2) is 4.99 Å². The summed E-state index contributed by atoms with van der Waals surface area (Å²) in [6.45, 7) is 6.77. The van der Waals surface area contributed by atoms with Crippen molar-refractivity contribution in [2.24, 2.45) is 16.6 Å². The molecule has 2 amide bonds. The van der Waals surface area contributed by atoms with Crippen molar-refractivity contribution in [3.8, 4) is 11.5 Å². The number of halogens is 1. The van der Waals surface area contributed by atoms with E-state index in [1.54, 1.807) is 11.0 Å². The summed E-state index contributed by atoms with van der Waals surface area (Å²) in [5, 5.41) is 0.660. The Hall–Kier alpha value is -2.53. The molecule has 1 fully saturated rings. The predicted molar refractivity (Wildman–Crippen MR) is 141 cm³/mol. The van der Waals surface area contributed by atoms with Crippen molar-refractivity contribution in [3.05, 3.63) is 56.5 Å². The molecule has 33 heavy (non-hydrogen) atoms. The van der Waals surface area contributed by atoms with Gasteiger partial charge in [0.2, 0.25) is 0 Å². The zero-order valence-electron chi connectivity index (χ0n) is 18.7. The molecule has 0 spiro atoms. The van der Waals surface area contributed by atoms with Gasteiger partial charge in [0.1, 0.15) is 0 Å². The Morgan fingerprint density at radius 1 is 1.24 bits per heavy atom. The Balaban J connectivity index is 1.96. The number of primary amides is 1. The third-order valence-corrected chi connectivity index (χ3v) is 6.21. The molecule has 0 saturated carbocycles. The predicted octanol–water partition coefficient (Wildman–Crippen LogP) is 4.81. The minimum absolute atomic E-state index is 0.0783. The summed E-state index contributed by atoms with van der Waals surface area (Å²) >= 11 is 3.47. The van der Waals surface area contributed by atoms with Gasteiger partial charge in [0.25, 0.3) is 11.8 Å². The molecule has 2 N–H and O–H groups in total. The number of amidine groups is 1. The first-order valence-corrected chi connectivity index (χ1v) is 12.4. The number of para-hydroxylation sites is 1. The fourth-order valence-corrected chi connectivity index (χ4v) is 4.89. The first-order chi connectivity index (χ1) is 15.8. The van der Waals surface area contributed by atoms with Crippen LogP contribution < -0.4 is 15.2 Å². The normalized spacial score (nSPS) is 16.2. The van der Waals surface area contributed by atoms with Gasteiger partial charge in [0.05, 0.1) is 20.8 Å². The van der Waals surface area contributed by atoms with Crippen LogP contribution in [0.4, 0.5) is 5.69 Å². The molecule has 7 nitrogen and oxygen atoms in total. The molecule has 0 radical (unpaired) electrons. The van der Waals surface area contributed by atoms with Gasteiger partial charge in [-0.3, -0.25) is 14.5 Å². The minimum atomic E-state index is -0.567. The van der Waals surface area contributed by atoms with Crippen LogP contribution in [0, 0.1) is 9.49 Å². The molecule has 1 saturated heterocycles. The summed E-state index contributed by atoms with van der Waals surface area (Å²) in [4.78, 5) is 31.4. The molecular formula is C24H26IN3O4S. The zero-order chi connectivity index (χ0) is 24.0. The number of nitrogens with two attached hydrogens (primary N) is 1. The summed E-state index contributed by atoms with van der Waals surface area (Å²) < 4.78 is 12.0. The molecule has 3 rings (SSSR count). The van der Waals surface area contributed by atoms with Gasteiger partial charge in [0, 0.05) is 6.54 Å². The summed E-state index contributed by atoms with van der Waals surface area (Å²) in [7, 11) is 0. The van der Waals surface area contributed by atoms with Crippen LogP contribution in [0.5, 0.6) is 11.5 Å². The minimum Gasteiger partial charge on any atom is -0.490 e. The number of aliphatic imine (C=N–C) groups is 1. The molecule has 9 heteroatoms. The number of nitrogens with zero attached hydrogens (tertiary/aromatic N) is 2. The van der Waals surface area contributed by atoms with Crippen molar-refractivity contribution in [1.82, 2.24) is 4.90 Å². The van der Waals surface area contributed by atoms with E-state index in [0.29, 0.717) is 40.6 Å². The Morgan fingerprint density at radius 2 is 1.97 bits per heavy atom. The van der Waals surface area contributed by atoms with Gasteiger partial charge < -0.3 is 15.2 Å². The van der Waals surface area contributed by atoms with Crippen LogP contribution >= 0.6 is 34.4 Å². The highest BCUT2D eigenvalue weighted by Gasteiger charge is 2.33. The number of hydrogen-bond acceptors (Lipinski definition) is 6. The number of carbonyl (C=O) groups is 2. The molecule has 2 aromatic carbocycles. The molecular weight excluding hydrogens is 553 g/mol. The Labute approximate surface area is 211 Å². The fourth-order valence-electron chi connectivity index (χ4n) is 3.10. The Bertz CT molecular complexity index is 1090. The van der Waals surface area contributed by atoms with Crippen molar-refractivity contribution in [2.45, 2.75) is 20.8 Å². The lowest BCUT2D eigenvalue weighted by Crippen LogP contribution is -2.32. The van der Waals surface area contributed by atoms with Crippen LogP contribution in [0.25, 0.3) is 6.08 Å². The number of benzene rings is 2. The van der Waals surface area contributed by atoms with E-state index in [1.807, 2.05) is 49.4 Å². The summed E-state index contributed by atoms with van der Waals surface area (Å²) in [6.07, 6.45) is 1.83. The summed E-state index contributed by atoms with van der Waals surface area (Å²) in [5.41, 5.74) is 6.80. The van der Waals surface area contributed by atoms with Crippen LogP contribution in [-0.4, -0.2) is 41.6 Å². The van der Waals surface area contributed by atoms with Crippen molar-refractivity contribution < 1.29 is 19.1 Å². The van der Waals surface area contributed by atoms with Crippen molar-refractivity contribution in [1.29, 1.82) is 0 Å². The number of hydrogen-bond donors (Lipinski definition) is 1. The van der Waals surface area contributed by atoms with Gasteiger partial charge in [-0.05, 0) is 83.1 Å². The maximum atomic E-state index is 13.2. The van der Waals surface area contributed by atoms with E-state index in [-0.39, 0.29) is 12.5 Å². The van der Waals surface area contributed by atoms with E-state index < -0.39 is 5.91 Å². The second kappa shape index (κ2) is 11.6. The molecule has 0 aromatic heterocycles. The van der Waals surface area contributed by atoms with Crippen molar-refractivity contribution >= 4 is 63.1 Å². The van der Waals surface area contributed by atoms with Crippen molar-refractivity contribution in [3.63, 3.8) is 0 Å². The topological polar surface area (TPSA) is 94.2 Å². The fraction of sp³-hybridized carbons (Fsp3) is 0.292. The number of thioether (sulfide) groups is 1. The monoisotopic (exact) mass is 579 g/mol. The lowest BCUT2D eigenvalue weighted by atomic mass is 10.1. The van der Waals surface area contributed by atoms with Crippen LogP contribution in [-0.2, 0) is 9.59 Å². The van der Waals surface area contributed by atoms with Gasteiger partial charge in [-0.2, -0.15) is 0 Å². The second-order valence-corrected chi connectivity index (χ2v) is 9.84. The summed E-state index contributed by atoms with van der Waals surface area (Å²) in [5.74, 6) is 0.595. The van der Waals surface area contributed by atoms with E-state index in [4.69, 9.17) is 20.2 Å². The quantitative estimate of drug-likeness (QED) is 0.340. The average molecular weight is 579 g/mol. The number of amides is 2. The molecule has 0 unspecified atom stereocenters. The molecule has 174 valence electrons. The lowest BCUT2D eigenvalue weighted by molar-refractivity contribution is -0.122. The molecule has 1 heterocycles. The molecule has 1 aliphatic rings. The highest BCUT2D eigenvalue weighted by Crippen LogP contribution is 2.38. The number of rotatable bonds is 9. The molecule has 1 aliphatic heterocycles. The highest BCUT2D eigenvalue weighted by atomic mass is 127. The third-order valence-electron chi connectivity index (χ3n) is 4.40. The third kappa shape index (κ3) is 6.73. The molecule has 0 atom stereocenters. The van der Waals surface area contributed by atoms with Crippen LogP contribution in [0.1, 0.15) is 26.3 Å². The largest absolute Gasteiger partial charge is 0.490 e. The highest BCUT2D eigenvalue weighted by molar-refractivity contribution is 14.1. The average Bonchev–Trinajstić information content (AvgIpc) is 3.02. The zero-order valence-corrected chi connectivity index (χ0v) is 21.7. The van der Waals surface area contributed by atoms with Gasteiger partial charge in [-0.15, -0.1) is 0 Å². The first kappa shape index (κ1) is 25.1. The Morgan fingerprint density at radius 3 is 2.61 bits per heavy atom. The SMILES string of the molecule is CCOc1cc(/C=C2\SC(=Nc3ccccc3)N(CC(C)C)C2=O)cc(I)c1OCC(N)=O. The van der Waals surface area contributed by atoms with E-state index in [2.05, 4.69) is 36.4 Å². The van der Waals surface area contributed by atoms with Gasteiger partial charge in [0.15, 0.2) is 23.3 Å². The Kier molecular flexibility index (Phi) is 8.79. The molecule has 0 bridgehead atoms. The van der Waals surface area contributed by atoms with Gasteiger partial charge in [-0.1, -0.05) is 32.0 Å². The van der Waals surface area contributed by atoms with Crippen LogP contribution in [0.15, 0.2) is 52.4 Å². The maximum Gasteiger partial charge on any atom is 0.266 e. The molecule has 0 aliphatic carbocycles. The van der Waals surface area contributed by atoms with Crippen LogP contribution in [0.2, 0.25) is 0 Å². The van der Waals surface area contributed by atoms with E-state index in [9.17, 15) is 9.59 Å². The van der Waals surface area contributed by atoms with E-state index in [0.717, 1.165) is 14.8 Å². The van der Waals surface area contributed by atoms with Crippen LogP contribution in [0.3, 0.4) is 0 Å². The first-order valence-electron chi connectivity index (χ1n) is 10.5. The number of carbonyl (C=O) groups excluding carboxylic acids is 2. The van der Waals surface area contributed by atoms with Gasteiger partial charge >= 0.3 is 0 Å². The number of ether oxygens (including phenoxy) is 2. The lowest BCUT2D eigenvalue weighted by Gasteiger charge is -2.17. The standard InChI is InChI=1S/C24H26IN3O4S/c1-4-31-19-11-16(10-18(25)22(19)32-14-21(26)29)12-20-23(30)28(13-15(2)3)24(33-20)27-17-8-6-5-7-9-17/h5-12,15H,4,13-14H2,1-3H3,(H2,26,29)/b20-12-,27-24?.